The Bertz CT molecular complexity index is 271. The standard InChI is InChI=1S/C17H30O3/c1-4-16(3)17(18)20-15-13-11-9-7-6-8-10-12-14-19-5-2/h5H,2-4,6-15H2,1H3. The van der Waals surface area contributed by atoms with Gasteiger partial charge in [0.1, 0.15) is 0 Å². The summed E-state index contributed by atoms with van der Waals surface area (Å²) in [6, 6.07) is 0. The quantitative estimate of drug-likeness (QED) is 0.199. The molecule has 0 unspecified atom stereocenters. The van der Waals surface area contributed by atoms with Crippen LogP contribution in [0.5, 0.6) is 0 Å². The SMILES string of the molecule is C=COCCCCCCCCCCOC(=O)C(=C)CC. The van der Waals surface area contributed by atoms with Gasteiger partial charge in [-0.1, -0.05) is 58.6 Å². The molecule has 0 aromatic carbocycles. The van der Waals surface area contributed by atoms with Crippen LogP contribution in [0.4, 0.5) is 0 Å². The highest BCUT2D eigenvalue weighted by Crippen LogP contribution is 2.09. The molecule has 0 bridgehead atoms. The molecule has 116 valence electrons. The number of hydrogen-bond donors (Lipinski definition) is 0. The van der Waals surface area contributed by atoms with E-state index in [-0.39, 0.29) is 5.97 Å². The smallest absolute Gasteiger partial charge is 0.333 e. The van der Waals surface area contributed by atoms with E-state index in [4.69, 9.17) is 9.47 Å². The largest absolute Gasteiger partial charge is 0.502 e. The summed E-state index contributed by atoms with van der Waals surface area (Å²) < 4.78 is 10.2. The lowest BCUT2D eigenvalue weighted by Gasteiger charge is -2.05. The number of hydrogen-bond acceptors (Lipinski definition) is 3. The van der Waals surface area contributed by atoms with Gasteiger partial charge in [0.25, 0.3) is 0 Å². The Balaban J connectivity index is 3.15. The van der Waals surface area contributed by atoms with Crippen molar-refractivity contribution in [3.05, 3.63) is 25.0 Å². The summed E-state index contributed by atoms with van der Waals surface area (Å²) in [6.07, 6.45) is 11.6. The number of ether oxygens (including phenoxy) is 2. The first kappa shape index (κ1) is 18.8. The first-order valence-electron chi connectivity index (χ1n) is 7.79. The van der Waals surface area contributed by atoms with Crippen molar-refractivity contribution in [2.24, 2.45) is 0 Å². The molecule has 20 heavy (non-hydrogen) atoms. The predicted octanol–water partition coefficient (Wildman–Crippen LogP) is 4.78. The van der Waals surface area contributed by atoms with Crippen LogP contribution in [0, 0.1) is 0 Å². The van der Waals surface area contributed by atoms with Crippen LogP contribution in [0.1, 0.15) is 64.7 Å². The second-order valence-electron chi connectivity index (χ2n) is 4.96. The highest BCUT2D eigenvalue weighted by molar-refractivity contribution is 5.87. The molecule has 0 N–H and O–H groups in total. The maximum Gasteiger partial charge on any atom is 0.333 e. The molecule has 0 spiro atoms. The van der Waals surface area contributed by atoms with Gasteiger partial charge < -0.3 is 9.47 Å². The van der Waals surface area contributed by atoms with Crippen LogP contribution in [-0.4, -0.2) is 19.2 Å². The molecule has 0 radical (unpaired) electrons. The highest BCUT2D eigenvalue weighted by Gasteiger charge is 2.04. The molecule has 0 rings (SSSR count). The zero-order valence-electron chi connectivity index (χ0n) is 13.0. The Morgan fingerprint density at radius 3 is 1.95 bits per heavy atom. The van der Waals surface area contributed by atoms with Gasteiger partial charge >= 0.3 is 5.97 Å². The van der Waals surface area contributed by atoms with E-state index in [2.05, 4.69) is 13.2 Å². The summed E-state index contributed by atoms with van der Waals surface area (Å²) in [5.74, 6) is -0.241. The van der Waals surface area contributed by atoms with Crippen LogP contribution in [0.3, 0.4) is 0 Å². The molecule has 0 aliphatic carbocycles. The molecule has 0 aromatic heterocycles. The molecule has 0 saturated carbocycles. The summed E-state index contributed by atoms with van der Waals surface area (Å²) >= 11 is 0. The Kier molecular flexibility index (Phi) is 13.3. The third-order valence-electron chi connectivity index (χ3n) is 3.22. The monoisotopic (exact) mass is 282 g/mol. The fraction of sp³-hybridized carbons (Fsp3) is 0.706. The molecule has 0 heterocycles. The fourth-order valence-electron chi connectivity index (χ4n) is 1.84. The van der Waals surface area contributed by atoms with Gasteiger partial charge in [-0.15, -0.1) is 0 Å². The van der Waals surface area contributed by atoms with Crippen molar-refractivity contribution in [1.82, 2.24) is 0 Å². The maximum atomic E-state index is 11.3. The average molecular weight is 282 g/mol. The van der Waals surface area contributed by atoms with E-state index >= 15 is 0 Å². The van der Waals surface area contributed by atoms with Crippen LogP contribution < -0.4 is 0 Å². The minimum Gasteiger partial charge on any atom is -0.502 e. The minimum absolute atomic E-state index is 0.241. The lowest BCUT2D eigenvalue weighted by atomic mass is 10.1. The second-order valence-corrected chi connectivity index (χ2v) is 4.96. The van der Waals surface area contributed by atoms with Gasteiger partial charge in [0.2, 0.25) is 0 Å². The molecule has 0 saturated heterocycles. The van der Waals surface area contributed by atoms with E-state index in [1.54, 1.807) is 0 Å². The van der Waals surface area contributed by atoms with Crippen LogP contribution in [0.15, 0.2) is 25.0 Å². The van der Waals surface area contributed by atoms with Gasteiger partial charge in [-0.05, 0) is 19.3 Å². The van der Waals surface area contributed by atoms with E-state index in [0.717, 1.165) is 25.9 Å². The average Bonchev–Trinajstić information content (AvgIpc) is 2.47. The molecule has 0 fully saturated rings. The van der Waals surface area contributed by atoms with Gasteiger partial charge in [-0.2, -0.15) is 0 Å². The first-order chi connectivity index (χ1) is 9.72. The zero-order valence-corrected chi connectivity index (χ0v) is 13.0. The van der Waals surface area contributed by atoms with Crippen molar-refractivity contribution in [2.75, 3.05) is 13.2 Å². The van der Waals surface area contributed by atoms with E-state index in [0.29, 0.717) is 18.6 Å². The summed E-state index contributed by atoms with van der Waals surface area (Å²) in [7, 11) is 0. The normalized spacial score (nSPS) is 10.1. The molecule has 0 aromatic rings. The van der Waals surface area contributed by atoms with Gasteiger partial charge in [0.05, 0.1) is 19.5 Å². The Morgan fingerprint density at radius 1 is 0.950 bits per heavy atom. The predicted molar refractivity (Wildman–Crippen MR) is 83.5 cm³/mol. The number of carbonyl (C=O) groups is 1. The Labute approximate surface area is 124 Å². The molecular weight excluding hydrogens is 252 g/mol. The first-order valence-corrected chi connectivity index (χ1v) is 7.79. The molecule has 3 heteroatoms. The summed E-state index contributed by atoms with van der Waals surface area (Å²) in [5.41, 5.74) is 0.561. The number of carbonyl (C=O) groups excluding carboxylic acids is 1. The molecule has 3 nitrogen and oxygen atoms in total. The van der Waals surface area contributed by atoms with E-state index < -0.39 is 0 Å². The van der Waals surface area contributed by atoms with Crippen LogP contribution in [0.2, 0.25) is 0 Å². The molecule has 0 atom stereocenters. The summed E-state index contributed by atoms with van der Waals surface area (Å²) in [4.78, 5) is 11.3. The number of unbranched alkanes of at least 4 members (excludes halogenated alkanes) is 7. The topological polar surface area (TPSA) is 35.5 Å². The summed E-state index contributed by atoms with van der Waals surface area (Å²) in [6.45, 7) is 10.4. The van der Waals surface area contributed by atoms with Crippen molar-refractivity contribution in [2.45, 2.75) is 64.7 Å². The van der Waals surface area contributed by atoms with Crippen LogP contribution in [0.25, 0.3) is 0 Å². The van der Waals surface area contributed by atoms with Gasteiger partial charge in [-0.3, -0.25) is 0 Å². The van der Waals surface area contributed by atoms with Gasteiger partial charge in [0.15, 0.2) is 0 Å². The van der Waals surface area contributed by atoms with Gasteiger partial charge in [-0.25, -0.2) is 4.79 Å². The number of esters is 1. The Hall–Kier alpha value is -1.25. The summed E-state index contributed by atoms with van der Waals surface area (Å²) in [5, 5.41) is 0. The van der Waals surface area contributed by atoms with Crippen LogP contribution >= 0.6 is 0 Å². The van der Waals surface area contributed by atoms with Gasteiger partial charge in [0, 0.05) is 5.57 Å². The van der Waals surface area contributed by atoms with Crippen molar-refractivity contribution in [3.8, 4) is 0 Å². The fourth-order valence-corrected chi connectivity index (χ4v) is 1.84. The maximum absolute atomic E-state index is 11.3. The minimum atomic E-state index is -0.241. The lowest BCUT2D eigenvalue weighted by Crippen LogP contribution is -2.07. The van der Waals surface area contributed by atoms with E-state index in [9.17, 15) is 4.79 Å². The van der Waals surface area contributed by atoms with E-state index in [1.807, 2.05) is 6.92 Å². The molecule has 0 aliphatic rings. The zero-order chi connectivity index (χ0) is 15.1. The lowest BCUT2D eigenvalue weighted by molar-refractivity contribution is -0.139. The third-order valence-corrected chi connectivity index (χ3v) is 3.22. The Morgan fingerprint density at radius 2 is 1.45 bits per heavy atom. The molecule has 0 aliphatic heterocycles. The molecular formula is C17H30O3. The highest BCUT2D eigenvalue weighted by atomic mass is 16.5. The second kappa shape index (κ2) is 14.2. The third kappa shape index (κ3) is 11.8. The van der Waals surface area contributed by atoms with Crippen molar-refractivity contribution in [1.29, 1.82) is 0 Å². The van der Waals surface area contributed by atoms with Crippen molar-refractivity contribution in [3.63, 3.8) is 0 Å². The number of rotatable bonds is 14. The van der Waals surface area contributed by atoms with Crippen molar-refractivity contribution < 1.29 is 14.3 Å². The molecule has 0 amide bonds. The van der Waals surface area contributed by atoms with Crippen LogP contribution in [-0.2, 0) is 14.3 Å². The van der Waals surface area contributed by atoms with E-state index in [1.165, 1.54) is 38.4 Å². The van der Waals surface area contributed by atoms with Crippen molar-refractivity contribution >= 4 is 5.97 Å².